The molecule has 0 atom stereocenters. The van der Waals surface area contributed by atoms with Crippen molar-refractivity contribution in [1.29, 1.82) is 0 Å². The summed E-state index contributed by atoms with van der Waals surface area (Å²) < 4.78 is 0. The van der Waals surface area contributed by atoms with Crippen molar-refractivity contribution in [1.82, 2.24) is 20.3 Å². The van der Waals surface area contributed by atoms with Crippen LogP contribution in [0.5, 0.6) is 0 Å². The van der Waals surface area contributed by atoms with E-state index in [1.807, 2.05) is 6.07 Å². The van der Waals surface area contributed by atoms with Crippen molar-refractivity contribution in [2.24, 2.45) is 7.05 Å². The van der Waals surface area contributed by atoms with E-state index >= 15 is 0 Å². The molecular weight excluding hydrogens is 290 g/mol. The molecule has 0 radical (unpaired) electrons. The van der Waals surface area contributed by atoms with Gasteiger partial charge in [-0.1, -0.05) is 24.3 Å². The van der Waals surface area contributed by atoms with Gasteiger partial charge in [0.2, 0.25) is 0 Å². The number of urea groups is 1. The minimum atomic E-state index is -0.241. The van der Waals surface area contributed by atoms with Gasteiger partial charge in [0.1, 0.15) is 5.69 Å². The molecule has 1 aliphatic rings. The summed E-state index contributed by atoms with van der Waals surface area (Å²) in [6, 6.07) is 10.1. The second-order valence-corrected chi connectivity index (χ2v) is 5.74. The van der Waals surface area contributed by atoms with Gasteiger partial charge in [-0.25, -0.2) is 4.79 Å². The largest absolute Gasteiger partial charge is 0.332 e. The van der Waals surface area contributed by atoms with E-state index in [4.69, 9.17) is 0 Å². The van der Waals surface area contributed by atoms with Crippen LogP contribution in [0.15, 0.2) is 36.5 Å². The van der Waals surface area contributed by atoms with E-state index in [0.29, 0.717) is 6.54 Å². The number of nitrogens with zero attached hydrogens (tertiary/aromatic N) is 3. The summed E-state index contributed by atoms with van der Waals surface area (Å²) in [7, 11) is 1.75. The molecule has 0 saturated carbocycles. The second-order valence-electron chi connectivity index (χ2n) is 5.74. The van der Waals surface area contributed by atoms with E-state index in [1.165, 1.54) is 21.3 Å². The average Bonchev–Trinajstić information content (AvgIpc) is 3.16. The summed E-state index contributed by atoms with van der Waals surface area (Å²) in [5.41, 5.74) is 4.29. The Morgan fingerprint density at radius 2 is 2.04 bits per heavy atom. The Labute approximate surface area is 133 Å². The first-order chi connectivity index (χ1) is 11.2. The van der Waals surface area contributed by atoms with Gasteiger partial charge in [0.05, 0.1) is 18.4 Å². The normalized spacial score (nSPS) is 12.6. The van der Waals surface area contributed by atoms with Gasteiger partial charge in [0.15, 0.2) is 0 Å². The Morgan fingerprint density at radius 3 is 2.83 bits per heavy atom. The first kappa shape index (κ1) is 13.8. The molecule has 1 aromatic heterocycles. The fraction of sp³-hybridized carbons (Fsp3) is 0.235. The van der Waals surface area contributed by atoms with Crippen LogP contribution < -0.4 is 10.6 Å². The van der Waals surface area contributed by atoms with E-state index in [0.717, 1.165) is 29.6 Å². The number of benzene rings is 2. The lowest BCUT2D eigenvalue weighted by Gasteiger charge is -2.11. The van der Waals surface area contributed by atoms with Gasteiger partial charge >= 0.3 is 6.03 Å². The van der Waals surface area contributed by atoms with Crippen molar-refractivity contribution < 1.29 is 4.79 Å². The summed E-state index contributed by atoms with van der Waals surface area (Å²) >= 11 is 0. The van der Waals surface area contributed by atoms with E-state index < -0.39 is 0 Å². The van der Waals surface area contributed by atoms with Crippen LogP contribution in [0, 0.1) is 0 Å². The Bertz CT molecular complexity index is 889. The van der Waals surface area contributed by atoms with Crippen molar-refractivity contribution in [2.75, 3.05) is 5.32 Å². The van der Waals surface area contributed by atoms with E-state index in [-0.39, 0.29) is 6.03 Å². The molecule has 0 bridgehead atoms. The van der Waals surface area contributed by atoms with Gasteiger partial charge in [0, 0.05) is 12.4 Å². The van der Waals surface area contributed by atoms with Crippen LogP contribution >= 0.6 is 0 Å². The lowest BCUT2D eigenvalue weighted by atomic mass is 10.0. The van der Waals surface area contributed by atoms with Crippen LogP contribution in [0.1, 0.15) is 16.8 Å². The number of carbonyl (C=O) groups excluding carboxylic acids is 1. The lowest BCUT2D eigenvalue weighted by Crippen LogP contribution is -2.28. The Balaban J connectivity index is 1.53. The molecule has 0 unspecified atom stereocenters. The molecule has 2 aromatic carbocycles. The van der Waals surface area contributed by atoms with Crippen LogP contribution in [0.4, 0.5) is 10.5 Å². The quantitative estimate of drug-likeness (QED) is 0.780. The molecule has 23 heavy (non-hydrogen) atoms. The number of aromatic nitrogens is 3. The third-order valence-corrected chi connectivity index (χ3v) is 4.20. The first-order valence-electron chi connectivity index (χ1n) is 7.64. The number of hydrogen-bond acceptors (Lipinski definition) is 3. The standard InChI is InChI=1S/C17H17N5O/c1-22-19-10-13(21-22)9-18-17(23)20-15-8-7-12-6-5-11-3-2-4-14(15)16(11)12/h2-4,7-8,10H,5-6,9H2,1H3,(H2,18,20,23). The van der Waals surface area contributed by atoms with Gasteiger partial charge in [-0.15, -0.1) is 0 Å². The molecule has 6 heteroatoms. The van der Waals surface area contributed by atoms with Crippen LogP contribution in [0.25, 0.3) is 10.8 Å². The number of nitrogens with one attached hydrogen (secondary N) is 2. The highest BCUT2D eigenvalue weighted by Gasteiger charge is 2.16. The number of rotatable bonds is 3. The Hall–Kier alpha value is -2.89. The predicted molar refractivity (Wildman–Crippen MR) is 88.2 cm³/mol. The summed E-state index contributed by atoms with van der Waals surface area (Å²) in [6.07, 6.45) is 3.79. The molecule has 6 nitrogen and oxygen atoms in total. The number of hydrogen-bond donors (Lipinski definition) is 2. The van der Waals surface area contributed by atoms with E-state index in [2.05, 4.69) is 45.1 Å². The summed E-state index contributed by atoms with van der Waals surface area (Å²) in [4.78, 5) is 13.6. The fourth-order valence-corrected chi connectivity index (χ4v) is 3.16. The maximum atomic E-state index is 12.1. The minimum absolute atomic E-state index is 0.241. The zero-order valence-corrected chi connectivity index (χ0v) is 12.8. The van der Waals surface area contributed by atoms with Crippen molar-refractivity contribution in [2.45, 2.75) is 19.4 Å². The molecule has 0 aliphatic heterocycles. The maximum absolute atomic E-state index is 12.1. The number of aryl methyl sites for hydroxylation is 3. The first-order valence-corrected chi connectivity index (χ1v) is 7.64. The van der Waals surface area contributed by atoms with Gasteiger partial charge in [0.25, 0.3) is 0 Å². The Kier molecular flexibility index (Phi) is 3.22. The molecule has 116 valence electrons. The van der Waals surface area contributed by atoms with E-state index in [9.17, 15) is 4.79 Å². The number of anilines is 1. The summed E-state index contributed by atoms with van der Waals surface area (Å²) in [5.74, 6) is 0. The molecule has 0 spiro atoms. The molecule has 2 N–H and O–H groups in total. The highest BCUT2D eigenvalue weighted by atomic mass is 16.2. The number of carbonyl (C=O) groups is 1. The summed E-state index contributed by atoms with van der Waals surface area (Å²) in [6.45, 7) is 0.348. The van der Waals surface area contributed by atoms with Crippen molar-refractivity contribution >= 4 is 22.5 Å². The van der Waals surface area contributed by atoms with Gasteiger partial charge in [-0.2, -0.15) is 15.0 Å². The van der Waals surface area contributed by atoms with Crippen LogP contribution in [-0.2, 0) is 26.4 Å². The van der Waals surface area contributed by atoms with Crippen molar-refractivity contribution in [3.63, 3.8) is 0 Å². The monoisotopic (exact) mass is 307 g/mol. The molecule has 2 amide bonds. The third-order valence-electron chi connectivity index (χ3n) is 4.20. The van der Waals surface area contributed by atoms with Gasteiger partial charge < -0.3 is 10.6 Å². The third kappa shape index (κ3) is 2.52. The molecular formula is C17H17N5O. The number of amides is 2. The van der Waals surface area contributed by atoms with Crippen molar-refractivity contribution in [3.05, 3.63) is 53.3 Å². The fourth-order valence-electron chi connectivity index (χ4n) is 3.16. The van der Waals surface area contributed by atoms with Crippen LogP contribution in [0.3, 0.4) is 0 Å². The molecule has 4 rings (SSSR count). The average molecular weight is 307 g/mol. The SMILES string of the molecule is Cn1ncc(CNC(=O)Nc2ccc3c4c(cccc24)CC3)n1. The Morgan fingerprint density at radius 1 is 1.22 bits per heavy atom. The maximum Gasteiger partial charge on any atom is 0.319 e. The molecule has 1 aliphatic carbocycles. The summed E-state index contributed by atoms with van der Waals surface area (Å²) in [5, 5.41) is 16.3. The molecule has 0 fully saturated rings. The highest BCUT2D eigenvalue weighted by Crippen LogP contribution is 2.34. The molecule has 0 saturated heterocycles. The van der Waals surface area contributed by atoms with Crippen molar-refractivity contribution in [3.8, 4) is 0 Å². The van der Waals surface area contributed by atoms with Gasteiger partial charge in [-0.3, -0.25) is 0 Å². The lowest BCUT2D eigenvalue weighted by molar-refractivity contribution is 0.251. The molecule has 1 heterocycles. The minimum Gasteiger partial charge on any atom is -0.332 e. The molecule has 3 aromatic rings. The second kappa shape index (κ2) is 5.39. The van der Waals surface area contributed by atoms with Gasteiger partial charge in [-0.05, 0) is 35.4 Å². The predicted octanol–water partition coefficient (Wildman–Crippen LogP) is 2.39. The zero-order valence-electron chi connectivity index (χ0n) is 12.8. The van der Waals surface area contributed by atoms with Crippen LogP contribution in [-0.4, -0.2) is 21.0 Å². The van der Waals surface area contributed by atoms with Crippen LogP contribution in [0.2, 0.25) is 0 Å². The highest BCUT2D eigenvalue weighted by molar-refractivity contribution is 6.04. The van der Waals surface area contributed by atoms with E-state index in [1.54, 1.807) is 13.2 Å². The zero-order chi connectivity index (χ0) is 15.8. The topological polar surface area (TPSA) is 71.8 Å². The smallest absolute Gasteiger partial charge is 0.319 e.